The highest BCUT2D eigenvalue weighted by molar-refractivity contribution is 9.10. The molecule has 0 spiro atoms. The minimum absolute atomic E-state index is 0.0119. The first-order valence-corrected chi connectivity index (χ1v) is 16.0. The number of carbonyl (C=O) groups excluding carboxylic acids is 2. The van der Waals surface area contributed by atoms with Gasteiger partial charge in [-0.25, -0.2) is 28.5 Å². The number of carbonyl (C=O) groups is 2. The maximum Gasteiger partial charge on any atom is 0.347 e. The molecule has 4 aromatic rings. The molecule has 0 bridgehead atoms. The lowest BCUT2D eigenvalue weighted by molar-refractivity contribution is -0.116. The third kappa shape index (κ3) is 4.65. The smallest absolute Gasteiger partial charge is 0.347 e. The minimum atomic E-state index is -0.823. The van der Waals surface area contributed by atoms with Gasteiger partial charge < -0.3 is 19.1 Å². The van der Waals surface area contributed by atoms with E-state index in [1.54, 1.807) is 44.3 Å². The van der Waals surface area contributed by atoms with Gasteiger partial charge in [0.15, 0.2) is 23.1 Å². The number of phenols is 1. The Hall–Kier alpha value is -5.24. The number of allylic oxidation sites excluding steroid dienone is 6. The molecule has 3 aliphatic rings. The van der Waals surface area contributed by atoms with E-state index in [9.17, 15) is 29.1 Å². The van der Waals surface area contributed by atoms with Crippen molar-refractivity contribution in [1.82, 2.24) is 23.5 Å². The van der Waals surface area contributed by atoms with E-state index in [1.807, 2.05) is 0 Å². The Morgan fingerprint density at radius 2 is 1.75 bits per heavy atom. The third-order valence-electron chi connectivity index (χ3n) is 9.43. The molecule has 1 N–H and O–H groups in total. The van der Waals surface area contributed by atoms with E-state index in [0.29, 0.717) is 43.7 Å². The van der Waals surface area contributed by atoms with Crippen molar-refractivity contribution < 1.29 is 24.2 Å². The van der Waals surface area contributed by atoms with E-state index in [4.69, 9.17) is 9.47 Å². The van der Waals surface area contributed by atoms with E-state index < -0.39 is 23.3 Å². The predicted octanol–water partition coefficient (Wildman–Crippen LogP) is 2.85. The first-order valence-electron chi connectivity index (χ1n) is 15.2. The molecule has 0 saturated heterocycles. The highest BCUT2D eigenvalue weighted by Gasteiger charge is 2.45. The summed E-state index contributed by atoms with van der Waals surface area (Å²) in [6, 6.07) is 7.39. The van der Waals surface area contributed by atoms with Gasteiger partial charge in [0.2, 0.25) is 0 Å². The van der Waals surface area contributed by atoms with Crippen LogP contribution in [-0.4, -0.2) is 54.4 Å². The molecule has 0 saturated carbocycles. The summed E-state index contributed by atoms with van der Waals surface area (Å²) in [6.07, 6.45) is 3.09. The quantitative estimate of drug-likeness (QED) is 0.234. The summed E-state index contributed by atoms with van der Waals surface area (Å²) in [5.74, 6) is -0.672. The number of phenolic OH excluding ortho intramolecular Hbond substituents is 1. The van der Waals surface area contributed by atoms with Crippen LogP contribution < -0.4 is 26.4 Å². The number of hydrogen-bond acceptors (Lipinski definition) is 9. The number of nitrogens with zero attached hydrogens (tertiary/aromatic N) is 5. The van der Waals surface area contributed by atoms with Crippen LogP contribution in [0.3, 0.4) is 0 Å². The first-order chi connectivity index (χ1) is 22.9. The van der Waals surface area contributed by atoms with Crippen LogP contribution in [0, 0.1) is 0 Å². The van der Waals surface area contributed by atoms with Gasteiger partial charge in [-0.1, -0.05) is 22.0 Å². The Kier molecular flexibility index (Phi) is 7.50. The molecule has 3 heterocycles. The van der Waals surface area contributed by atoms with Crippen molar-refractivity contribution in [3.63, 3.8) is 0 Å². The van der Waals surface area contributed by atoms with Crippen molar-refractivity contribution in [2.75, 3.05) is 14.2 Å². The molecule has 2 aliphatic carbocycles. The SMILES string of the molecule is COc1cc2nc(CCn3c(=O)n4n(c3=O)[C@@H]3CC5=C(C(=O)C(C)=CC5=O)[C@@H](c5cc(Br)ccc5O)C3=CC4)c(=O)n(C)c2cc1OC. The number of ketones is 2. The molecular weight excluding hydrogens is 686 g/mol. The fourth-order valence-electron chi connectivity index (χ4n) is 7.07. The number of aryl methyl sites for hydroxylation is 2. The lowest BCUT2D eigenvalue weighted by atomic mass is 9.67. The summed E-state index contributed by atoms with van der Waals surface area (Å²) >= 11 is 3.45. The molecule has 0 unspecified atom stereocenters. The summed E-state index contributed by atoms with van der Waals surface area (Å²) in [6.45, 7) is 1.47. The van der Waals surface area contributed by atoms with E-state index in [2.05, 4.69) is 20.9 Å². The van der Waals surface area contributed by atoms with Crippen molar-refractivity contribution in [2.45, 2.75) is 44.8 Å². The lowest BCUT2D eigenvalue weighted by Gasteiger charge is -2.39. The molecule has 0 amide bonds. The van der Waals surface area contributed by atoms with Gasteiger partial charge in [-0.2, -0.15) is 0 Å². The van der Waals surface area contributed by atoms with Crippen molar-refractivity contribution in [1.29, 1.82) is 0 Å². The van der Waals surface area contributed by atoms with Gasteiger partial charge in [0, 0.05) is 71.2 Å². The van der Waals surface area contributed by atoms with Gasteiger partial charge in [-0.3, -0.25) is 14.4 Å². The molecule has 2 atom stereocenters. The summed E-state index contributed by atoms with van der Waals surface area (Å²) in [7, 11) is 4.59. The molecule has 0 fully saturated rings. The van der Waals surface area contributed by atoms with Crippen molar-refractivity contribution in [3.05, 3.63) is 112 Å². The van der Waals surface area contributed by atoms with Crippen LogP contribution in [0.2, 0.25) is 0 Å². The van der Waals surface area contributed by atoms with Crippen molar-refractivity contribution in [3.8, 4) is 17.2 Å². The summed E-state index contributed by atoms with van der Waals surface area (Å²) < 4.78 is 16.5. The summed E-state index contributed by atoms with van der Waals surface area (Å²) in [5, 5.41) is 11.0. The van der Waals surface area contributed by atoms with Gasteiger partial charge in [0.25, 0.3) is 5.56 Å². The fraction of sp³-hybridized carbons (Fsp3) is 0.294. The second-order valence-electron chi connectivity index (χ2n) is 12.0. The zero-order chi connectivity index (χ0) is 34.2. The number of benzene rings is 2. The number of methoxy groups -OCH3 is 2. The third-order valence-corrected chi connectivity index (χ3v) is 9.93. The monoisotopic (exact) mass is 715 g/mol. The molecule has 246 valence electrons. The van der Waals surface area contributed by atoms with Crippen LogP contribution in [0.15, 0.2) is 83.6 Å². The van der Waals surface area contributed by atoms with E-state index in [0.717, 1.165) is 4.57 Å². The predicted molar refractivity (Wildman–Crippen MR) is 178 cm³/mol. The molecule has 1 aliphatic heterocycles. The van der Waals surface area contributed by atoms with E-state index in [-0.39, 0.29) is 65.6 Å². The van der Waals surface area contributed by atoms with Gasteiger partial charge in [0.05, 0.1) is 37.8 Å². The van der Waals surface area contributed by atoms with Crippen LogP contribution in [0.4, 0.5) is 0 Å². The topological polar surface area (TPSA) is 157 Å². The number of Topliss-reactive ketones (excluding diaryl/α,β-unsaturated/α-hetero) is 1. The van der Waals surface area contributed by atoms with Crippen molar-refractivity contribution in [2.24, 2.45) is 7.05 Å². The van der Waals surface area contributed by atoms with Crippen LogP contribution >= 0.6 is 15.9 Å². The van der Waals surface area contributed by atoms with Crippen LogP contribution in [0.5, 0.6) is 17.2 Å². The summed E-state index contributed by atoms with van der Waals surface area (Å²) in [4.78, 5) is 72.5. The normalized spacial score (nSPS) is 18.7. The van der Waals surface area contributed by atoms with E-state index >= 15 is 0 Å². The molecular formula is C34H30BrN5O8. The maximum atomic E-state index is 14.1. The largest absolute Gasteiger partial charge is 0.508 e. The number of fused-ring (bicyclic) bond motifs is 4. The van der Waals surface area contributed by atoms with Crippen LogP contribution in [0.1, 0.15) is 36.6 Å². The first kappa shape index (κ1) is 31.4. The molecule has 14 heteroatoms. The highest BCUT2D eigenvalue weighted by Crippen LogP contribution is 2.51. The number of rotatable bonds is 6. The second kappa shape index (κ2) is 11.5. The van der Waals surface area contributed by atoms with Crippen LogP contribution in [-0.2, 0) is 36.1 Å². The molecule has 7 rings (SSSR count). The number of hydrogen-bond donors (Lipinski definition) is 1. The number of ether oxygens (including phenoxy) is 2. The average molecular weight is 717 g/mol. The Morgan fingerprint density at radius 3 is 2.48 bits per heavy atom. The Labute approximate surface area is 280 Å². The lowest BCUT2D eigenvalue weighted by Crippen LogP contribution is -2.40. The van der Waals surface area contributed by atoms with Crippen LogP contribution in [0.25, 0.3) is 11.0 Å². The van der Waals surface area contributed by atoms with Gasteiger partial charge in [0.1, 0.15) is 11.4 Å². The number of halogens is 1. The zero-order valence-corrected chi connectivity index (χ0v) is 28.0. The van der Waals surface area contributed by atoms with Gasteiger partial charge >= 0.3 is 11.4 Å². The van der Waals surface area contributed by atoms with Gasteiger partial charge in [-0.15, -0.1) is 0 Å². The maximum absolute atomic E-state index is 14.1. The van der Waals surface area contributed by atoms with Crippen molar-refractivity contribution >= 4 is 38.5 Å². The Balaban J connectivity index is 1.30. The molecule has 2 aromatic carbocycles. The van der Waals surface area contributed by atoms with Gasteiger partial charge in [-0.05, 0) is 36.8 Å². The standard InChI is InChI=1S/C34H30BrN5O8/c1-16-11-26(42)20-13-23-18(29(30(20)31(16)43)19-12-17(35)5-6-25(19)41)7-10-39-33(45)38(34(46)40(23)39)9-8-21-32(44)37(2)24-15-28(48-4)27(47-3)14-22(24)36-21/h5-7,11-12,14-15,23,29,41H,8-10,13H2,1-4H3/t23-,29-/m1/s1. The fourth-order valence-corrected chi connectivity index (χ4v) is 7.45. The molecule has 2 aromatic heterocycles. The average Bonchev–Trinajstić information content (AvgIpc) is 3.32. The number of aromatic nitrogens is 5. The molecule has 0 radical (unpaired) electrons. The molecule has 13 nitrogen and oxygen atoms in total. The Bertz CT molecular complexity index is 2390. The zero-order valence-electron chi connectivity index (χ0n) is 26.4. The molecule has 48 heavy (non-hydrogen) atoms. The minimum Gasteiger partial charge on any atom is -0.508 e. The number of aromatic hydroxyl groups is 1. The highest BCUT2D eigenvalue weighted by atomic mass is 79.9. The van der Waals surface area contributed by atoms with E-state index in [1.165, 1.54) is 40.3 Å². The second-order valence-corrected chi connectivity index (χ2v) is 12.9. The summed E-state index contributed by atoms with van der Waals surface area (Å²) in [5.41, 5.74) is 1.40. The Morgan fingerprint density at radius 1 is 1.02 bits per heavy atom.